The molecule has 32 heavy (non-hydrogen) atoms. The first kappa shape index (κ1) is 21.1. The number of hydrogen-bond donors (Lipinski definition) is 0. The van der Waals surface area contributed by atoms with Crippen molar-refractivity contribution in [3.05, 3.63) is 95.9 Å². The molecule has 2 aromatic heterocycles. The Kier molecular flexibility index (Phi) is 5.89. The number of pyridine rings is 2. The molecule has 5 nitrogen and oxygen atoms in total. The second-order valence-electron chi connectivity index (χ2n) is 6.88. The average molecular weight is 432 g/mol. The van der Waals surface area contributed by atoms with Crippen molar-refractivity contribution in [2.24, 2.45) is 0 Å². The largest absolute Gasteiger partial charge is 0.497 e. The number of carbonyl (C=O) groups is 1. The Morgan fingerprint density at radius 2 is 1.53 bits per heavy atom. The number of hydrogen-bond acceptors (Lipinski definition) is 5. The molecule has 0 unspecified atom stereocenters. The Hall–Kier alpha value is -4.13. The summed E-state index contributed by atoms with van der Waals surface area (Å²) < 4.78 is 39.9. The van der Waals surface area contributed by atoms with Crippen molar-refractivity contribution in [1.29, 1.82) is 0 Å². The quantitative estimate of drug-likeness (QED) is 0.385. The van der Waals surface area contributed by atoms with Gasteiger partial charge >= 0.3 is 0 Å². The number of ketones is 1. The van der Waals surface area contributed by atoms with Crippen LogP contribution in [0.1, 0.15) is 16.2 Å². The summed E-state index contributed by atoms with van der Waals surface area (Å²) in [6.45, 7) is 0. The molecule has 0 aliphatic heterocycles. The molecule has 7 heteroatoms. The molecule has 0 saturated heterocycles. The molecule has 4 rings (SSSR count). The first-order valence-corrected chi connectivity index (χ1v) is 9.66. The predicted molar refractivity (Wildman–Crippen MR) is 116 cm³/mol. The van der Waals surface area contributed by atoms with Gasteiger partial charge in [0, 0.05) is 17.8 Å². The second kappa shape index (κ2) is 8.93. The molecule has 0 radical (unpaired) electrons. The molecule has 0 fully saturated rings. The smallest absolute Gasteiger partial charge is 0.232 e. The van der Waals surface area contributed by atoms with E-state index < -0.39 is 23.1 Å². The summed E-state index contributed by atoms with van der Waals surface area (Å²) >= 11 is 0. The van der Waals surface area contributed by atoms with Crippen molar-refractivity contribution in [1.82, 2.24) is 9.97 Å². The van der Waals surface area contributed by atoms with Crippen LogP contribution in [0.4, 0.5) is 8.78 Å². The zero-order chi connectivity index (χ0) is 22.7. The van der Waals surface area contributed by atoms with Gasteiger partial charge in [0.05, 0.1) is 14.2 Å². The number of benzene rings is 2. The lowest BCUT2D eigenvalue weighted by Gasteiger charge is -2.12. The molecule has 2 aromatic carbocycles. The Balaban J connectivity index is 1.85. The molecule has 0 atom stereocenters. The Bertz CT molecular complexity index is 1290. The van der Waals surface area contributed by atoms with Crippen LogP contribution in [0.25, 0.3) is 22.4 Å². The Labute approximate surface area is 183 Å². The van der Waals surface area contributed by atoms with Gasteiger partial charge in [0.1, 0.15) is 28.6 Å². The van der Waals surface area contributed by atoms with Gasteiger partial charge < -0.3 is 9.47 Å². The van der Waals surface area contributed by atoms with Gasteiger partial charge in [-0.05, 0) is 53.6 Å². The van der Waals surface area contributed by atoms with Crippen molar-refractivity contribution < 1.29 is 23.0 Å². The van der Waals surface area contributed by atoms with Gasteiger partial charge in [-0.25, -0.2) is 13.8 Å². The van der Waals surface area contributed by atoms with Crippen LogP contribution in [-0.2, 0) is 0 Å². The number of nitrogens with zero attached hydrogens (tertiary/aromatic N) is 2. The van der Waals surface area contributed by atoms with Gasteiger partial charge in [-0.3, -0.25) is 9.78 Å². The van der Waals surface area contributed by atoms with Crippen LogP contribution in [0.2, 0.25) is 0 Å². The van der Waals surface area contributed by atoms with Crippen LogP contribution in [-0.4, -0.2) is 30.0 Å². The van der Waals surface area contributed by atoms with Gasteiger partial charge in [-0.15, -0.1) is 0 Å². The third-order valence-electron chi connectivity index (χ3n) is 4.86. The van der Waals surface area contributed by atoms with Gasteiger partial charge in [0.2, 0.25) is 5.78 Å². The molecule has 2 heterocycles. The Morgan fingerprint density at radius 3 is 2.25 bits per heavy atom. The standard InChI is InChI=1S/C25H18F2N2O3/c1-31-18-7-5-6-15(11-18)16-10-17(13-19(12-16)32-2)23-20(26)14-21(27)24(29-23)25(30)22-8-3-4-9-28-22/h3-14H,1-2H3. The lowest BCUT2D eigenvalue weighted by atomic mass is 10.00. The summed E-state index contributed by atoms with van der Waals surface area (Å²) in [5.41, 5.74) is 1.17. The highest BCUT2D eigenvalue weighted by Crippen LogP contribution is 2.33. The number of carbonyl (C=O) groups excluding carboxylic acids is 1. The van der Waals surface area contributed by atoms with Crippen LogP contribution in [0.3, 0.4) is 0 Å². The summed E-state index contributed by atoms with van der Waals surface area (Å²) in [6, 6.07) is 17.7. The van der Waals surface area contributed by atoms with E-state index in [0.717, 1.165) is 5.56 Å². The first-order chi connectivity index (χ1) is 15.5. The third-order valence-corrected chi connectivity index (χ3v) is 4.86. The molecule has 0 bridgehead atoms. The second-order valence-corrected chi connectivity index (χ2v) is 6.88. The van der Waals surface area contributed by atoms with Crippen LogP contribution < -0.4 is 9.47 Å². The third kappa shape index (κ3) is 4.18. The SMILES string of the molecule is COc1cccc(-c2cc(OC)cc(-c3nc(C(=O)c4ccccn4)c(F)cc3F)c2)c1. The minimum atomic E-state index is -1.06. The molecule has 0 N–H and O–H groups in total. The summed E-state index contributed by atoms with van der Waals surface area (Å²) in [4.78, 5) is 20.7. The minimum Gasteiger partial charge on any atom is -0.497 e. The van der Waals surface area contributed by atoms with Gasteiger partial charge in [0.15, 0.2) is 11.6 Å². The number of halogens is 2. The summed E-state index contributed by atoms with van der Waals surface area (Å²) in [5.74, 6) is -1.59. The zero-order valence-corrected chi connectivity index (χ0v) is 17.3. The van der Waals surface area contributed by atoms with Crippen molar-refractivity contribution in [2.75, 3.05) is 14.2 Å². The molecule has 0 aliphatic rings. The number of rotatable bonds is 6. The molecule has 0 aliphatic carbocycles. The van der Waals surface area contributed by atoms with E-state index in [9.17, 15) is 13.6 Å². The lowest BCUT2D eigenvalue weighted by molar-refractivity contribution is 0.102. The van der Waals surface area contributed by atoms with Crippen molar-refractivity contribution in [3.8, 4) is 33.9 Å². The normalized spacial score (nSPS) is 10.6. The maximum absolute atomic E-state index is 14.8. The molecular formula is C25H18F2N2O3. The summed E-state index contributed by atoms with van der Waals surface area (Å²) in [6.07, 6.45) is 1.41. The molecule has 0 amide bonds. The topological polar surface area (TPSA) is 61.3 Å². The maximum Gasteiger partial charge on any atom is 0.232 e. The highest BCUT2D eigenvalue weighted by molar-refractivity contribution is 6.06. The first-order valence-electron chi connectivity index (χ1n) is 9.66. The van der Waals surface area contributed by atoms with E-state index in [1.807, 2.05) is 18.2 Å². The van der Waals surface area contributed by atoms with Crippen LogP contribution in [0.5, 0.6) is 11.5 Å². The highest BCUT2D eigenvalue weighted by atomic mass is 19.1. The van der Waals surface area contributed by atoms with E-state index in [4.69, 9.17) is 9.47 Å². The van der Waals surface area contributed by atoms with Crippen LogP contribution >= 0.6 is 0 Å². The van der Waals surface area contributed by atoms with E-state index in [1.54, 1.807) is 43.5 Å². The number of methoxy groups -OCH3 is 2. The van der Waals surface area contributed by atoms with Crippen molar-refractivity contribution >= 4 is 5.78 Å². The van der Waals surface area contributed by atoms with E-state index in [2.05, 4.69) is 9.97 Å². The van der Waals surface area contributed by atoms with E-state index in [0.29, 0.717) is 28.7 Å². The van der Waals surface area contributed by atoms with E-state index >= 15 is 0 Å². The summed E-state index contributed by atoms with van der Waals surface area (Å²) in [7, 11) is 3.05. The minimum absolute atomic E-state index is 0.0131. The van der Waals surface area contributed by atoms with Gasteiger partial charge in [0.25, 0.3) is 0 Å². The average Bonchev–Trinajstić information content (AvgIpc) is 2.84. The monoisotopic (exact) mass is 432 g/mol. The fourth-order valence-electron chi connectivity index (χ4n) is 3.27. The molecule has 0 saturated carbocycles. The van der Waals surface area contributed by atoms with Crippen LogP contribution in [0.15, 0.2) is 72.9 Å². The zero-order valence-electron chi connectivity index (χ0n) is 17.3. The van der Waals surface area contributed by atoms with E-state index in [1.165, 1.54) is 19.4 Å². The predicted octanol–water partition coefficient (Wildman–Crippen LogP) is 5.34. The molecule has 0 spiro atoms. The van der Waals surface area contributed by atoms with Crippen molar-refractivity contribution in [2.45, 2.75) is 0 Å². The molecule has 160 valence electrons. The van der Waals surface area contributed by atoms with Crippen molar-refractivity contribution in [3.63, 3.8) is 0 Å². The molecular weight excluding hydrogens is 414 g/mol. The maximum atomic E-state index is 14.8. The summed E-state index contributed by atoms with van der Waals surface area (Å²) in [5, 5.41) is 0. The van der Waals surface area contributed by atoms with Gasteiger partial charge in [-0.1, -0.05) is 18.2 Å². The number of aromatic nitrogens is 2. The molecule has 4 aromatic rings. The van der Waals surface area contributed by atoms with E-state index in [-0.39, 0.29) is 11.4 Å². The fraction of sp³-hybridized carbons (Fsp3) is 0.0800. The Morgan fingerprint density at radius 1 is 0.781 bits per heavy atom. The highest BCUT2D eigenvalue weighted by Gasteiger charge is 2.22. The lowest BCUT2D eigenvalue weighted by Crippen LogP contribution is -2.11. The van der Waals surface area contributed by atoms with Crippen LogP contribution in [0, 0.1) is 11.6 Å². The van der Waals surface area contributed by atoms with Gasteiger partial charge in [-0.2, -0.15) is 0 Å². The fourth-order valence-corrected chi connectivity index (χ4v) is 3.27. The number of ether oxygens (including phenoxy) is 2.